The first-order chi connectivity index (χ1) is 8.91. The minimum atomic E-state index is 0.162. The molecule has 0 spiro atoms. The molecule has 3 N–H and O–H groups in total. The Balaban J connectivity index is 2.33. The van der Waals surface area contributed by atoms with Gasteiger partial charge < -0.3 is 10.6 Å². The standard InChI is InChI=1S/C15H23N3S/c1-11-5-4-6-12(14(16)17)13(11)18-8-7-15(2,3)19-10-9-18/h4-6H,7-10H2,1-3H3,(H3,16,17). The number of hydrogen-bond acceptors (Lipinski definition) is 3. The van der Waals surface area contributed by atoms with Crippen LogP contribution in [0.3, 0.4) is 0 Å². The van der Waals surface area contributed by atoms with Crippen molar-refractivity contribution >= 4 is 23.3 Å². The summed E-state index contributed by atoms with van der Waals surface area (Å²) < 4.78 is 0.341. The van der Waals surface area contributed by atoms with Crippen molar-refractivity contribution in [2.75, 3.05) is 23.7 Å². The van der Waals surface area contributed by atoms with E-state index in [2.05, 4.69) is 31.7 Å². The number of rotatable bonds is 2. The highest BCUT2D eigenvalue weighted by molar-refractivity contribution is 8.00. The average Bonchev–Trinajstić information content (AvgIpc) is 2.50. The Kier molecular flexibility index (Phi) is 4.09. The van der Waals surface area contributed by atoms with E-state index in [1.54, 1.807) is 0 Å². The Bertz CT molecular complexity index is 482. The van der Waals surface area contributed by atoms with E-state index in [0.29, 0.717) is 4.75 Å². The van der Waals surface area contributed by atoms with Crippen LogP contribution >= 0.6 is 11.8 Å². The van der Waals surface area contributed by atoms with Crippen LogP contribution in [0.15, 0.2) is 18.2 Å². The van der Waals surface area contributed by atoms with Gasteiger partial charge in [-0.05, 0) is 25.0 Å². The first-order valence-electron chi connectivity index (χ1n) is 6.74. The molecule has 1 aromatic rings. The molecule has 104 valence electrons. The van der Waals surface area contributed by atoms with Crippen LogP contribution in [0.1, 0.15) is 31.4 Å². The monoisotopic (exact) mass is 277 g/mol. The highest BCUT2D eigenvalue weighted by Crippen LogP contribution is 2.34. The number of aryl methyl sites for hydroxylation is 1. The molecule has 3 nitrogen and oxygen atoms in total. The number of para-hydroxylation sites is 1. The molecule has 1 heterocycles. The van der Waals surface area contributed by atoms with Crippen molar-refractivity contribution in [3.63, 3.8) is 0 Å². The molecule has 0 bridgehead atoms. The molecule has 0 atom stereocenters. The Morgan fingerprint density at radius 3 is 2.79 bits per heavy atom. The summed E-state index contributed by atoms with van der Waals surface area (Å²) in [6.07, 6.45) is 1.16. The smallest absolute Gasteiger partial charge is 0.124 e. The molecule has 1 saturated heterocycles. The molecule has 0 radical (unpaired) electrons. The van der Waals surface area contributed by atoms with Crippen LogP contribution in [-0.4, -0.2) is 29.4 Å². The lowest BCUT2D eigenvalue weighted by molar-refractivity contribution is 0.637. The van der Waals surface area contributed by atoms with E-state index in [0.717, 1.165) is 36.5 Å². The van der Waals surface area contributed by atoms with Crippen LogP contribution < -0.4 is 10.6 Å². The number of nitrogens with two attached hydrogens (primary N) is 1. The van der Waals surface area contributed by atoms with Gasteiger partial charge in [-0.1, -0.05) is 26.0 Å². The molecule has 0 unspecified atom stereocenters. The third-order valence-electron chi connectivity index (χ3n) is 3.68. The average molecular weight is 277 g/mol. The number of anilines is 1. The van der Waals surface area contributed by atoms with Crippen molar-refractivity contribution in [3.05, 3.63) is 29.3 Å². The van der Waals surface area contributed by atoms with Crippen molar-refractivity contribution in [2.24, 2.45) is 5.73 Å². The molecule has 1 fully saturated rings. The summed E-state index contributed by atoms with van der Waals surface area (Å²) in [6.45, 7) is 8.78. The van der Waals surface area contributed by atoms with Crippen molar-refractivity contribution in [3.8, 4) is 0 Å². The van der Waals surface area contributed by atoms with Gasteiger partial charge in [-0.15, -0.1) is 0 Å². The van der Waals surface area contributed by atoms with E-state index in [4.69, 9.17) is 11.1 Å². The van der Waals surface area contributed by atoms with Crippen LogP contribution in [0.2, 0.25) is 0 Å². The molecule has 0 aliphatic carbocycles. The topological polar surface area (TPSA) is 53.1 Å². The minimum Gasteiger partial charge on any atom is -0.384 e. The molecule has 1 aliphatic heterocycles. The second kappa shape index (κ2) is 5.45. The lowest BCUT2D eigenvalue weighted by atomic mass is 10.0. The lowest BCUT2D eigenvalue weighted by Crippen LogP contribution is -2.30. The zero-order valence-electron chi connectivity index (χ0n) is 12.0. The van der Waals surface area contributed by atoms with Crippen LogP contribution in [0.25, 0.3) is 0 Å². The summed E-state index contributed by atoms with van der Waals surface area (Å²) in [5, 5.41) is 7.77. The molecule has 1 aromatic carbocycles. The van der Waals surface area contributed by atoms with Gasteiger partial charge in [0.25, 0.3) is 0 Å². The van der Waals surface area contributed by atoms with Gasteiger partial charge >= 0.3 is 0 Å². The van der Waals surface area contributed by atoms with E-state index in [9.17, 15) is 0 Å². The van der Waals surface area contributed by atoms with Gasteiger partial charge in [0.2, 0.25) is 0 Å². The molecule has 0 aromatic heterocycles. The number of nitrogen functional groups attached to an aromatic ring is 1. The van der Waals surface area contributed by atoms with Gasteiger partial charge in [0.15, 0.2) is 0 Å². The van der Waals surface area contributed by atoms with E-state index >= 15 is 0 Å². The minimum absolute atomic E-state index is 0.162. The summed E-state index contributed by atoms with van der Waals surface area (Å²) in [5.74, 6) is 1.29. The van der Waals surface area contributed by atoms with Gasteiger partial charge in [-0.3, -0.25) is 5.41 Å². The van der Waals surface area contributed by atoms with Gasteiger partial charge in [0, 0.05) is 29.2 Å². The second-order valence-corrected chi connectivity index (χ2v) is 7.53. The van der Waals surface area contributed by atoms with Crippen LogP contribution in [0, 0.1) is 12.3 Å². The third-order valence-corrected chi connectivity index (χ3v) is 5.05. The maximum Gasteiger partial charge on any atom is 0.124 e. The summed E-state index contributed by atoms with van der Waals surface area (Å²) in [5.41, 5.74) is 8.95. The molecule has 1 aliphatic rings. The van der Waals surface area contributed by atoms with Gasteiger partial charge in [-0.2, -0.15) is 11.8 Å². The molecule has 4 heteroatoms. The molecule has 19 heavy (non-hydrogen) atoms. The Morgan fingerprint density at radius 2 is 2.11 bits per heavy atom. The highest BCUT2D eigenvalue weighted by Gasteiger charge is 2.25. The van der Waals surface area contributed by atoms with Crippen molar-refractivity contribution in [2.45, 2.75) is 31.9 Å². The SMILES string of the molecule is Cc1cccc(C(=N)N)c1N1CCSC(C)(C)CC1. The maximum absolute atomic E-state index is 7.77. The first kappa shape index (κ1) is 14.3. The van der Waals surface area contributed by atoms with Crippen molar-refractivity contribution in [1.82, 2.24) is 0 Å². The molecule has 0 saturated carbocycles. The number of hydrogen-bond donors (Lipinski definition) is 2. The van der Waals surface area contributed by atoms with E-state index < -0.39 is 0 Å². The van der Waals surface area contributed by atoms with Gasteiger partial charge in [0.1, 0.15) is 5.84 Å². The van der Waals surface area contributed by atoms with Crippen LogP contribution in [0.5, 0.6) is 0 Å². The van der Waals surface area contributed by atoms with E-state index in [-0.39, 0.29) is 5.84 Å². The Labute approximate surface area is 120 Å². The maximum atomic E-state index is 7.77. The van der Waals surface area contributed by atoms with Gasteiger partial charge in [0.05, 0.1) is 5.69 Å². The summed E-state index contributed by atoms with van der Waals surface area (Å²) >= 11 is 2.03. The number of nitrogens with zero attached hydrogens (tertiary/aromatic N) is 1. The fourth-order valence-corrected chi connectivity index (χ4v) is 3.64. The first-order valence-corrected chi connectivity index (χ1v) is 7.72. The molecule has 2 rings (SSSR count). The van der Waals surface area contributed by atoms with Crippen LogP contribution in [0.4, 0.5) is 5.69 Å². The largest absolute Gasteiger partial charge is 0.384 e. The second-order valence-electron chi connectivity index (χ2n) is 5.73. The van der Waals surface area contributed by atoms with Crippen LogP contribution in [-0.2, 0) is 0 Å². The number of amidine groups is 1. The van der Waals surface area contributed by atoms with Gasteiger partial charge in [-0.25, -0.2) is 0 Å². The zero-order valence-corrected chi connectivity index (χ0v) is 12.8. The number of nitrogens with one attached hydrogen (secondary N) is 1. The fraction of sp³-hybridized carbons (Fsp3) is 0.533. The van der Waals surface area contributed by atoms with E-state index in [1.165, 1.54) is 5.56 Å². The molecular weight excluding hydrogens is 254 g/mol. The summed E-state index contributed by atoms with van der Waals surface area (Å²) in [7, 11) is 0. The predicted molar refractivity (Wildman–Crippen MR) is 85.6 cm³/mol. The summed E-state index contributed by atoms with van der Waals surface area (Å²) in [4.78, 5) is 2.40. The lowest BCUT2D eigenvalue weighted by Gasteiger charge is -2.27. The fourth-order valence-electron chi connectivity index (χ4n) is 2.54. The van der Waals surface area contributed by atoms with Crippen molar-refractivity contribution in [1.29, 1.82) is 5.41 Å². The summed E-state index contributed by atoms with van der Waals surface area (Å²) in [6, 6.07) is 6.03. The molecular formula is C15H23N3S. The Morgan fingerprint density at radius 1 is 1.37 bits per heavy atom. The van der Waals surface area contributed by atoms with E-state index in [1.807, 2.05) is 23.9 Å². The number of thioether (sulfide) groups is 1. The Hall–Kier alpha value is -1.16. The third kappa shape index (κ3) is 3.24. The van der Waals surface area contributed by atoms with Crippen molar-refractivity contribution < 1.29 is 0 Å². The highest BCUT2D eigenvalue weighted by atomic mass is 32.2. The molecule has 0 amide bonds. The quantitative estimate of drug-likeness (QED) is 0.645. The number of benzene rings is 1. The predicted octanol–water partition coefficient (Wildman–Crippen LogP) is 3.00. The zero-order chi connectivity index (χ0) is 14.0. The normalized spacial score (nSPS) is 19.0.